The summed E-state index contributed by atoms with van der Waals surface area (Å²) in [6, 6.07) is 11.5. The summed E-state index contributed by atoms with van der Waals surface area (Å²) in [7, 11) is 1.67. The molecule has 0 bridgehead atoms. The maximum atomic E-state index is 13.7. The van der Waals surface area contributed by atoms with Gasteiger partial charge in [0.2, 0.25) is 0 Å². The van der Waals surface area contributed by atoms with Crippen molar-refractivity contribution in [1.29, 1.82) is 0 Å². The zero-order valence-electron chi connectivity index (χ0n) is 11.1. The van der Waals surface area contributed by atoms with Crippen LogP contribution < -0.4 is 10.1 Å². The smallest absolute Gasteiger partial charge is 0.139 e. The van der Waals surface area contributed by atoms with Crippen LogP contribution in [0.15, 0.2) is 40.9 Å². The summed E-state index contributed by atoms with van der Waals surface area (Å²) in [5.74, 6) is 0.628. The van der Waals surface area contributed by atoms with E-state index in [1.54, 1.807) is 13.2 Å². The molecular formula is C16H15BrFNO. The van der Waals surface area contributed by atoms with E-state index in [4.69, 9.17) is 4.74 Å². The third-order valence-electron chi connectivity index (χ3n) is 3.69. The van der Waals surface area contributed by atoms with E-state index >= 15 is 0 Å². The van der Waals surface area contributed by atoms with Gasteiger partial charge < -0.3 is 10.1 Å². The molecule has 0 aliphatic carbocycles. The van der Waals surface area contributed by atoms with Crippen LogP contribution in [0.2, 0.25) is 0 Å². The predicted molar refractivity (Wildman–Crippen MR) is 81.8 cm³/mol. The zero-order valence-corrected chi connectivity index (χ0v) is 12.7. The van der Waals surface area contributed by atoms with Gasteiger partial charge in [0, 0.05) is 11.3 Å². The number of fused-ring (bicyclic) bond motifs is 1. The molecule has 1 unspecified atom stereocenters. The van der Waals surface area contributed by atoms with Gasteiger partial charge in [0.25, 0.3) is 0 Å². The van der Waals surface area contributed by atoms with Crippen LogP contribution in [0.3, 0.4) is 0 Å². The molecule has 104 valence electrons. The molecule has 1 aliphatic rings. The Balaban J connectivity index is 1.94. The number of hydrogen-bond acceptors (Lipinski definition) is 2. The average Bonchev–Trinajstić information content (AvgIpc) is 2.48. The molecule has 1 aliphatic heterocycles. The van der Waals surface area contributed by atoms with Crippen molar-refractivity contribution < 1.29 is 9.13 Å². The highest BCUT2D eigenvalue weighted by Gasteiger charge is 2.22. The van der Waals surface area contributed by atoms with Gasteiger partial charge in [-0.15, -0.1) is 0 Å². The molecule has 0 saturated heterocycles. The lowest BCUT2D eigenvalue weighted by atomic mass is 9.93. The van der Waals surface area contributed by atoms with Gasteiger partial charge in [-0.3, -0.25) is 0 Å². The number of benzene rings is 2. The van der Waals surface area contributed by atoms with Gasteiger partial charge in [-0.25, -0.2) is 4.39 Å². The second-order valence-electron chi connectivity index (χ2n) is 4.90. The summed E-state index contributed by atoms with van der Waals surface area (Å²) >= 11 is 3.23. The Bertz CT molecular complexity index is 644. The average molecular weight is 336 g/mol. The first-order chi connectivity index (χ1) is 9.69. The van der Waals surface area contributed by atoms with Gasteiger partial charge in [0.05, 0.1) is 17.6 Å². The lowest BCUT2D eigenvalue weighted by Gasteiger charge is -2.28. The summed E-state index contributed by atoms with van der Waals surface area (Å²) in [5, 5.41) is 3.42. The van der Waals surface area contributed by atoms with Crippen LogP contribution in [0.4, 0.5) is 10.1 Å². The third kappa shape index (κ3) is 2.40. The fourth-order valence-corrected chi connectivity index (χ4v) is 3.07. The molecule has 2 nitrogen and oxygen atoms in total. The van der Waals surface area contributed by atoms with Gasteiger partial charge >= 0.3 is 0 Å². The first-order valence-electron chi connectivity index (χ1n) is 6.56. The van der Waals surface area contributed by atoms with E-state index in [1.807, 2.05) is 24.3 Å². The molecule has 3 rings (SSSR count). The van der Waals surface area contributed by atoms with Gasteiger partial charge in [0.15, 0.2) is 0 Å². The van der Waals surface area contributed by atoms with Gasteiger partial charge in [0.1, 0.15) is 11.6 Å². The molecule has 0 amide bonds. The molecule has 1 heterocycles. The van der Waals surface area contributed by atoms with Crippen LogP contribution >= 0.6 is 15.9 Å². The number of nitrogens with one attached hydrogen (secondary N) is 1. The van der Waals surface area contributed by atoms with Crippen LogP contribution in [0.5, 0.6) is 5.75 Å². The molecule has 2 aromatic carbocycles. The second kappa shape index (κ2) is 5.44. The molecule has 4 heteroatoms. The quantitative estimate of drug-likeness (QED) is 0.859. The Morgan fingerprint density at radius 3 is 2.90 bits per heavy atom. The van der Waals surface area contributed by atoms with E-state index in [2.05, 4.69) is 27.3 Å². The van der Waals surface area contributed by atoms with Crippen molar-refractivity contribution in [3.8, 4) is 5.75 Å². The van der Waals surface area contributed by atoms with Crippen LogP contribution in [-0.2, 0) is 6.42 Å². The molecule has 1 atom stereocenters. The molecule has 0 aromatic heterocycles. The minimum absolute atomic E-state index is 0.152. The van der Waals surface area contributed by atoms with E-state index in [1.165, 1.54) is 0 Å². The van der Waals surface area contributed by atoms with Crippen molar-refractivity contribution in [1.82, 2.24) is 0 Å². The Morgan fingerprint density at radius 2 is 2.10 bits per heavy atom. The number of rotatable bonds is 2. The maximum Gasteiger partial charge on any atom is 0.139 e. The van der Waals surface area contributed by atoms with Crippen LogP contribution in [-0.4, -0.2) is 7.11 Å². The highest BCUT2D eigenvalue weighted by atomic mass is 79.9. The number of hydrogen-bond donors (Lipinski definition) is 1. The van der Waals surface area contributed by atoms with E-state index in [9.17, 15) is 4.39 Å². The van der Waals surface area contributed by atoms with Crippen molar-refractivity contribution in [3.63, 3.8) is 0 Å². The number of aryl methyl sites for hydroxylation is 1. The summed E-state index contributed by atoms with van der Waals surface area (Å²) in [6.07, 6.45) is 1.88. The Hall–Kier alpha value is -1.55. The van der Waals surface area contributed by atoms with Crippen molar-refractivity contribution in [2.24, 2.45) is 0 Å². The summed E-state index contributed by atoms with van der Waals surface area (Å²) in [4.78, 5) is 0. The number of anilines is 1. The molecule has 2 aromatic rings. The number of ether oxygens (including phenoxy) is 1. The van der Waals surface area contributed by atoms with E-state index in [0.717, 1.165) is 35.4 Å². The molecule has 0 radical (unpaired) electrons. The van der Waals surface area contributed by atoms with Crippen LogP contribution in [0.1, 0.15) is 23.6 Å². The standard InChI is InChI=1S/C16H15BrFNO/c1-20-16-5-3-2-4-11(16)14-7-6-10-8-12(17)13(18)9-15(10)19-14/h2-5,8-9,14,19H,6-7H2,1H3. The largest absolute Gasteiger partial charge is 0.496 e. The zero-order chi connectivity index (χ0) is 14.1. The van der Waals surface area contributed by atoms with E-state index in [0.29, 0.717) is 4.47 Å². The van der Waals surface area contributed by atoms with Crippen LogP contribution in [0, 0.1) is 5.82 Å². The first-order valence-corrected chi connectivity index (χ1v) is 7.35. The fraction of sp³-hybridized carbons (Fsp3) is 0.250. The van der Waals surface area contributed by atoms with Crippen molar-refractivity contribution in [2.75, 3.05) is 12.4 Å². The molecule has 1 N–H and O–H groups in total. The summed E-state index contributed by atoms with van der Waals surface area (Å²) in [6.45, 7) is 0. The monoisotopic (exact) mass is 335 g/mol. The molecule has 20 heavy (non-hydrogen) atoms. The highest BCUT2D eigenvalue weighted by molar-refractivity contribution is 9.10. The third-order valence-corrected chi connectivity index (χ3v) is 4.30. The Labute approximate surface area is 126 Å². The second-order valence-corrected chi connectivity index (χ2v) is 5.76. The lowest BCUT2D eigenvalue weighted by Crippen LogP contribution is -2.19. The van der Waals surface area contributed by atoms with Gasteiger partial charge in [-0.2, -0.15) is 0 Å². The van der Waals surface area contributed by atoms with Crippen molar-refractivity contribution in [3.05, 3.63) is 57.8 Å². The van der Waals surface area contributed by atoms with E-state index in [-0.39, 0.29) is 11.9 Å². The molecule has 0 fully saturated rings. The summed E-state index contributed by atoms with van der Waals surface area (Å²) in [5.41, 5.74) is 3.13. The van der Waals surface area contributed by atoms with Crippen molar-refractivity contribution in [2.45, 2.75) is 18.9 Å². The van der Waals surface area contributed by atoms with Crippen molar-refractivity contribution >= 4 is 21.6 Å². The number of para-hydroxylation sites is 1. The first kappa shape index (κ1) is 13.4. The minimum Gasteiger partial charge on any atom is -0.496 e. The molecule has 0 saturated carbocycles. The van der Waals surface area contributed by atoms with Gasteiger partial charge in [-0.1, -0.05) is 18.2 Å². The SMILES string of the molecule is COc1ccccc1C1CCc2cc(Br)c(F)cc2N1. The topological polar surface area (TPSA) is 21.3 Å². The number of methoxy groups -OCH3 is 1. The highest BCUT2D eigenvalue weighted by Crippen LogP contribution is 2.37. The molecular weight excluding hydrogens is 321 g/mol. The minimum atomic E-state index is -0.239. The lowest BCUT2D eigenvalue weighted by molar-refractivity contribution is 0.405. The van der Waals surface area contributed by atoms with E-state index < -0.39 is 0 Å². The van der Waals surface area contributed by atoms with Crippen LogP contribution in [0.25, 0.3) is 0 Å². The van der Waals surface area contributed by atoms with Gasteiger partial charge in [-0.05, 0) is 52.5 Å². The number of halogens is 2. The maximum absolute atomic E-state index is 13.7. The Kier molecular flexibility index (Phi) is 3.66. The normalized spacial score (nSPS) is 17.2. The fourth-order valence-electron chi connectivity index (χ4n) is 2.68. The predicted octanol–water partition coefficient (Wildman–Crippen LogP) is 4.70. The summed E-state index contributed by atoms with van der Waals surface area (Å²) < 4.78 is 19.6. The molecule has 0 spiro atoms. The Morgan fingerprint density at radius 1 is 1.30 bits per heavy atom.